The van der Waals surface area contributed by atoms with E-state index in [2.05, 4.69) is 4.90 Å². The lowest BCUT2D eigenvalue weighted by molar-refractivity contribution is -0.900. The molecule has 5 heteroatoms. The molecular formula is C13H17FN2O2. The summed E-state index contributed by atoms with van der Waals surface area (Å²) >= 11 is 0. The largest absolute Gasteiger partial charge is 0.550 e. The molecule has 1 heterocycles. The Bertz CT molecular complexity index is 400. The summed E-state index contributed by atoms with van der Waals surface area (Å²) in [6.45, 7) is 4.18. The first kappa shape index (κ1) is 12.8. The zero-order valence-corrected chi connectivity index (χ0v) is 10.2. The third-order valence-corrected chi connectivity index (χ3v) is 3.35. The average Bonchev–Trinajstić information content (AvgIpc) is 2.38. The van der Waals surface area contributed by atoms with Crippen LogP contribution in [0.15, 0.2) is 24.3 Å². The van der Waals surface area contributed by atoms with E-state index >= 15 is 0 Å². The van der Waals surface area contributed by atoms with Crippen molar-refractivity contribution >= 4 is 11.7 Å². The lowest BCUT2D eigenvalue weighted by Gasteiger charge is -2.33. The first-order valence-electron chi connectivity index (χ1n) is 6.19. The Morgan fingerprint density at radius 2 is 1.89 bits per heavy atom. The summed E-state index contributed by atoms with van der Waals surface area (Å²) < 4.78 is 12.8. The van der Waals surface area contributed by atoms with Crippen molar-refractivity contribution in [2.24, 2.45) is 0 Å². The summed E-state index contributed by atoms with van der Waals surface area (Å²) in [6.07, 6.45) is 0.117. The maximum atomic E-state index is 12.8. The van der Waals surface area contributed by atoms with Gasteiger partial charge in [-0.1, -0.05) is 0 Å². The average molecular weight is 252 g/mol. The molecule has 0 unspecified atom stereocenters. The van der Waals surface area contributed by atoms with Crippen molar-refractivity contribution in [3.05, 3.63) is 30.1 Å². The fraction of sp³-hybridized carbons (Fsp3) is 0.462. The van der Waals surface area contributed by atoms with Crippen molar-refractivity contribution in [1.82, 2.24) is 0 Å². The fourth-order valence-electron chi connectivity index (χ4n) is 2.26. The third-order valence-electron chi connectivity index (χ3n) is 3.35. The van der Waals surface area contributed by atoms with Gasteiger partial charge in [-0.15, -0.1) is 0 Å². The summed E-state index contributed by atoms with van der Waals surface area (Å²) in [5, 5.41) is 10.4. The maximum absolute atomic E-state index is 12.8. The fourth-order valence-corrected chi connectivity index (χ4v) is 2.26. The molecule has 0 aromatic heterocycles. The molecule has 98 valence electrons. The number of nitrogens with zero attached hydrogens (tertiary/aromatic N) is 1. The number of quaternary nitrogens is 1. The maximum Gasteiger partial charge on any atom is 0.123 e. The summed E-state index contributed by atoms with van der Waals surface area (Å²) in [5.41, 5.74) is 1.02. The van der Waals surface area contributed by atoms with Crippen LogP contribution in [0.2, 0.25) is 0 Å². The number of benzene rings is 1. The van der Waals surface area contributed by atoms with Crippen LogP contribution >= 0.6 is 0 Å². The van der Waals surface area contributed by atoms with Crippen LogP contribution in [-0.2, 0) is 4.79 Å². The first-order chi connectivity index (χ1) is 8.65. The van der Waals surface area contributed by atoms with E-state index in [0.717, 1.165) is 31.9 Å². The highest BCUT2D eigenvalue weighted by molar-refractivity contribution is 5.64. The topological polar surface area (TPSA) is 47.8 Å². The highest BCUT2D eigenvalue weighted by atomic mass is 19.1. The molecule has 0 amide bonds. The molecule has 0 bridgehead atoms. The molecule has 1 aliphatic heterocycles. The highest BCUT2D eigenvalue weighted by Crippen LogP contribution is 2.14. The van der Waals surface area contributed by atoms with Gasteiger partial charge in [0, 0.05) is 18.1 Å². The Kier molecular flexibility index (Phi) is 4.15. The van der Waals surface area contributed by atoms with Gasteiger partial charge < -0.3 is 19.7 Å². The van der Waals surface area contributed by atoms with Crippen LogP contribution in [0.25, 0.3) is 0 Å². The number of anilines is 1. The molecule has 1 fully saturated rings. The van der Waals surface area contributed by atoms with Crippen LogP contribution < -0.4 is 14.9 Å². The van der Waals surface area contributed by atoms with E-state index in [1.54, 1.807) is 12.1 Å². The van der Waals surface area contributed by atoms with Gasteiger partial charge in [0.1, 0.15) is 5.82 Å². The number of nitrogens with one attached hydrogen (secondary N) is 1. The summed E-state index contributed by atoms with van der Waals surface area (Å²) in [4.78, 5) is 13.9. The molecule has 2 rings (SSSR count). The molecule has 1 aromatic carbocycles. The van der Waals surface area contributed by atoms with Crippen LogP contribution in [-0.4, -0.2) is 38.7 Å². The minimum atomic E-state index is -0.983. The van der Waals surface area contributed by atoms with E-state index in [9.17, 15) is 14.3 Å². The van der Waals surface area contributed by atoms with Gasteiger partial charge in [0.15, 0.2) is 0 Å². The van der Waals surface area contributed by atoms with Crippen LogP contribution in [0.5, 0.6) is 0 Å². The molecule has 18 heavy (non-hydrogen) atoms. The normalized spacial score (nSPS) is 16.8. The summed E-state index contributed by atoms with van der Waals surface area (Å²) in [6, 6.07) is 6.48. The smallest absolute Gasteiger partial charge is 0.123 e. The molecule has 0 spiro atoms. The Balaban J connectivity index is 1.83. The van der Waals surface area contributed by atoms with E-state index in [1.165, 1.54) is 17.0 Å². The number of carbonyl (C=O) groups is 1. The van der Waals surface area contributed by atoms with Gasteiger partial charge in [0.2, 0.25) is 0 Å². The summed E-state index contributed by atoms with van der Waals surface area (Å²) in [5.74, 6) is -1.21. The Hall–Kier alpha value is -1.62. The molecule has 0 saturated carbocycles. The number of halogens is 1. The zero-order valence-electron chi connectivity index (χ0n) is 10.2. The van der Waals surface area contributed by atoms with E-state index < -0.39 is 5.97 Å². The number of rotatable bonds is 4. The second-order valence-corrected chi connectivity index (χ2v) is 4.59. The van der Waals surface area contributed by atoms with Crippen molar-refractivity contribution in [2.75, 3.05) is 37.6 Å². The van der Waals surface area contributed by atoms with E-state index in [0.29, 0.717) is 6.54 Å². The quantitative estimate of drug-likeness (QED) is 0.722. The number of carboxylic acid groups (broad SMARTS) is 1. The highest BCUT2D eigenvalue weighted by Gasteiger charge is 2.19. The summed E-state index contributed by atoms with van der Waals surface area (Å²) in [7, 11) is 0. The van der Waals surface area contributed by atoms with E-state index in [-0.39, 0.29) is 12.2 Å². The number of carboxylic acids is 1. The van der Waals surface area contributed by atoms with Crippen molar-refractivity contribution in [3.8, 4) is 0 Å². The Morgan fingerprint density at radius 3 is 2.44 bits per heavy atom. The SMILES string of the molecule is O=C([O-])CC[NH+]1CCN(c2ccc(F)cc2)CC1. The predicted octanol–water partition coefficient (Wildman–Crippen LogP) is -1.33. The van der Waals surface area contributed by atoms with E-state index in [1.807, 2.05) is 0 Å². The van der Waals surface area contributed by atoms with Gasteiger partial charge in [-0.05, 0) is 24.3 Å². The van der Waals surface area contributed by atoms with Crippen LogP contribution in [0.3, 0.4) is 0 Å². The Morgan fingerprint density at radius 1 is 1.28 bits per heavy atom. The number of hydrogen-bond donors (Lipinski definition) is 1. The lowest BCUT2D eigenvalue weighted by atomic mass is 10.2. The molecular weight excluding hydrogens is 235 g/mol. The molecule has 0 atom stereocenters. The van der Waals surface area contributed by atoms with E-state index in [4.69, 9.17) is 0 Å². The molecule has 0 aliphatic carbocycles. The van der Waals surface area contributed by atoms with Gasteiger partial charge >= 0.3 is 0 Å². The number of carbonyl (C=O) groups excluding carboxylic acids is 1. The molecule has 0 radical (unpaired) electrons. The van der Waals surface area contributed by atoms with Crippen molar-refractivity contribution in [1.29, 1.82) is 0 Å². The van der Waals surface area contributed by atoms with Gasteiger partial charge in [-0.3, -0.25) is 0 Å². The van der Waals surface area contributed by atoms with Crippen molar-refractivity contribution in [3.63, 3.8) is 0 Å². The van der Waals surface area contributed by atoms with Crippen LogP contribution in [0.1, 0.15) is 6.42 Å². The first-order valence-corrected chi connectivity index (χ1v) is 6.19. The second-order valence-electron chi connectivity index (χ2n) is 4.59. The molecule has 1 saturated heterocycles. The Labute approximate surface area is 106 Å². The molecule has 4 nitrogen and oxygen atoms in total. The molecule has 1 aromatic rings. The number of hydrogen-bond acceptors (Lipinski definition) is 3. The third kappa shape index (κ3) is 3.43. The van der Waals surface area contributed by atoms with Crippen LogP contribution in [0.4, 0.5) is 10.1 Å². The standard InChI is InChI=1S/C13H17FN2O2/c14-11-1-3-12(4-2-11)16-9-7-15(8-10-16)6-5-13(17)18/h1-4H,5-10H2,(H,17,18). The zero-order chi connectivity index (χ0) is 13.0. The molecule has 1 aliphatic rings. The van der Waals surface area contributed by atoms with Crippen molar-refractivity contribution < 1.29 is 19.2 Å². The van der Waals surface area contributed by atoms with Crippen molar-refractivity contribution in [2.45, 2.75) is 6.42 Å². The predicted molar refractivity (Wildman–Crippen MR) is 63.8 cm³/mol. The monoisotopic (exact) mass is 252 g/mol. The number of piperazine rings is 1. The minimum absolute atomic E-state index is 0.117. The van der Waals surface area contributed by atoms with Gasteiger partial charge in [-0.2, -0.15) is 0 Å². The minimum Gasteiger partial charge on any atom is -0.550 e. The lowest BCUT2D eigenvalue weighted by Crippen LogP contribution is -3.15. The molecule has 1 N–H and O–H groups in total. The van der Waals surface area contributed by atoms with Gasteiger partial charge in [0.05, 0.1) is 32.7 Å². The van der Waals surface area contributed by atoms with Gasteiger partial charge in [0.25, 0.3) is 0 Å². The second kappa shape index (κ2) is 5.82. The van der Waals surface area contributed by atoms with Gasteiger partial charge in [-0.25, -0.2) is 4.39 Å². The van der Waals surface area contributed by atoms with Crippen LogP contribution in [0, 0.1) is 5.82 Å². The number of aliphatic carboxylic acids is 1.